The fourth-order valence-electron chi connectivity index (χ4n) is 4.57. The molecular formula is C24H28N4O4S. The number of hydrogen-bond acceptors (Lipinski definition) is 5. The van der Waals surface area contributed by atoms with Crippen LogP contribution in [0, 0.1) is 5.92 Å². The Morgan fingerprint density at radius 3 is 2.79 bits per heavy atom. The number of sulfonamides is 1. The van der Waals surface area contributed by atoms with E-state index in [0.717, 1.165) is 25.0 Å². The van der Waals surface area contributed by atoms with Crippen molar-refractivity contribution in [2.75, 3.05) is 26.2 Å². The Bertz CT molecular complexity index is 1240. The molecule has 0 aliphatic carbocycles. The van der Waals surface area contributed by atoms with E-state index < -0.39 is 10.0 Å². The van der Waals surface area contributed by atoms with Gasteiger partial charge in [-0.1, -0.05) is 30.3 Å². The normalized spacial score (nSPS) is 21.9. The van der Waals surface area contributed by atoms with Gasteiger partial charge in [-0.15, -0.1) is 0 Å². The Labute approximate surface area is 193 Å². The predicted molar refractivity (Wildman–Crippen MR) is 125 cm³/mol. The van der Waals surface area contributed by atoms with Crippen molar-refractivity contribution in [3.8, 4) is 11.4 Å². The van der Waals surface area contributed by atoms with Crippen molar-refractivity contribution in [2.45, 2.75) is 36.7 Å². The molecule has 5 rings (SSSR count). The molecule has 2 fully saturated rings. The number of rotatable bonds is 6. The first-order valence-electron chi connectivity index (χ1n) is 11.5. The Hall–Kier alpha value is -2.75. The van der Waals surface area contributed by atoms with Crippen LogP contribution >= 0.6 is 0 Å². The summed E-state index contributed by atoms with van der Waals surface area (Å²) in [7, 11) is -3.73. The van der Waals surface area contributed by atoms with Crippen molar-refractivity contribution in [1.82, 2.24) is 19.6 Å². The van der Waals surface area contributed by atoms with E-state index in [1.807, 2.05) is 30.3 Å². The number of ether oxygens (including phenoxy) is 1. The minimum absolute atomic E-state index is 0.0688. The van der Waals surface area contributed by atoms with Crippen molar-refractivity contribution in [3.63, 3.8) is 0 Å². The Morgan fingerprint density at radius 1 is 1.15 bits per heavy atom. The molecule has 3 aromatic rings. The summed E-state index contributed by atoms with van der Waals surface area (Å²) in [5, 5.41) is 2.95. The number of aromatic nitrogens is 2. The van der Waals surface area contributed by atoms with E-state index in [0.29, 0.717) is 42.8 Å². The number of aromatic amines is 1. The summed E-state index contributed by atoms with van der Waals surface area (Å²) in [6.07, 6.45) is 3.38. The highest BCUT2D eigenvalue weighted by atomic mass is 32.2. The van der Waals surface area contributed by atoms with Crippen LogP contribution in [-0.2, 0) is 19.6 Å². The maximum atomic E-state index is 13.4. The van der Waals surface area contributed by atoms with Gasteiger partial charge in [0.15, 0.2) is 0 Å². The van der Waals surface area contributed by atoms with Crippen LogP contribution in [-0.4, -0.2) is 60.9 Å². The Balaban J connectivity index is 1.31. The monoisotopic (exact) mass is 468 g/mol. The molecule has 9 heteroatoms. The van der Waals surface area contributed by atoms with Crippen LogP contribution in [0.1, 0.15) is 25.7 Å². The molecule has 0 spiro atoms. The molecule has 2 aliphatic heterocycles. The van der Waals surface area contributed by atoms with E-state index >= 15 is 0 Å². The van der Waals surface area contributed by atoms with E-state index in [4.69, 9.17) is 4.74 Å². The van der Waals surface area contributed by atoms with Crippen molar-refractivity contribution < 1.29 is 17.9 Å². The third-order valence-corrected chi connectivity index (χ3v) is 8.28. The molecule has 2 aliphatic rings. The number of amides is 1. The first-order chi connectivity index (χ1) is 16.0. The Kier molecular flexibility index (Phi) is 6.18. The average molecular weight is 469 g/mol. The van der Waals surface area contributed by atoms with E-state index in [9.17, 15) is 13.2 Å². The SMILES string of the molecule is O=C(NCC1CCCO1)C1CCCN(S(=O)(=O)c2ccc3nc(-c4ccccc4)[nH]c3c2)C1. The topological polar surface area (TPSA) is 104 Å². The van der Waals surface area contributed by atoms with Crippen molar-refractivity contribution in [2.24, 2.45) is 5.92 Å². The Morgan fingerprint density at radius 2 is 2.00 bits per heavy atom. The second kappa shape index (κ2) is 9.24. The fraction of sp³-hybridized carbons (Fsp3) is 0.417. The van der Waals surface area contributed by atoms with Gasteiger partial charge >= 0.3 is 0 Å². The standard InChI is InChI=1S/C24H28N4O4S/c29-24(25-15-19-9-5-13-32-19)18-8-4-12-28(16-18)33(30,31)20-10-11-21-22(14-20)27-23(26-21)17-6-2-1-3-7-17/h1-3,6-7,10-11,14,18-19H,4-5,8-9,12-13,15-16H2,(H,25,29)(H,26,27). The number of benzene rings is 2. The molecule has 0 bridgehead atoms. The first kappa shape index (κ1) is 22.1. The summed E-state index contributed by atoms with van der Waals surface area (Å²) in [6, 6.07) is 14.6. The molecule has 3 heterocycles. The number of carbonyl (C=O) groups is 1. The van der Waals surface area contributed by atoms with E-state index in [-0.39, 0.29) is 29.4 Å². The van der Waals surface area contributed by atoms with Gasteiger partial charge in [0, 0.05) is 31.8 Å². The first-order valence-corrected chi connectivity index (χ1v) is 12.9. The number of nitrogens with zero attached hydrogens (tertiary/aromatic N) is 2. The second-order valence-electron chi connectivity index (χ2n) is 8.71. The van der Waals surface area contributed by atoms with Gasteiger partial charge in [0.05, 0.1) is 28.0 Å². The zero-order valence-corrected chi connectivity index (χ0v) is 19.2. The molecule has 0 radical (unpaired) electrons. The van der Waals surface area contributed by atoms with Gasteiger partial charge in [0.2, 0.25) is 15.9 Å². The number of nitrogens with one attached hydrogen (secondary N) is 2. The molecule has 8 nitrogen and oxygen atoms in total. The molecule has 0 saturated carbocycles. The summed E-state index contributed by atoms with van der Waals surface area (Å²) in [5.74, 6) is 0.249. The molecule has 2 unspecified atom stereocenters. The third kappa shape index (κ3) is 4.66. The summed E-state index contributed by atoms with van der Waals surface area (Å²) in [4.78, 5) is 20.7. The summed E-state index contributed by atoms with van der Waals surface area (Å²) in [6.45, 7) is 1.83. The molecular weight excluding hydrogens is 440 g/mol. The number of carbonyl (C=O) groups excluding carboxylic acids is 1. The van der Waals surface area contributed by atoms with E-state index in [2.05, 4.69) is 15.3 Å². The highest BCUT2D eigenvalue weighted by Crippen LogP contribution is 2.27. The van der Waals surface area contributed by atoms with Gasteiger partial charge in [0.1, 0.15) is 5.82 Å². The second-order valence-corrected chi connectivity index (χ2v) is 10.7. The maximum absolute atomic E-state index is 13.4. The zero-order chi connectivity index (χ0) is 22.8. The number of piperidine rings is 1. The summed E-state index contributed by atoms with van der Waals surface area (Å²) < 4.78 is 33.8. The lowest BCUT2D eigenvalue weighted by molar-refractivity contribution is -0.126. The average Bonchev–Trinajstić information content (AvgIpc) is 3.52. The molecule has 2 atom stereocenters. The van der Waals surface area contributed by atoms with Crippen LogP contribution < -0.4 is 5.32 Å². The molecule has 1 aromatic heterocycles. The van der Waals surface area contributed by atoms with Crippen molar-refractivity contribution in [3.05, 3.63) is 48.5 Å². The number of hydrogen-bond donors (Lipinski definition) is 2. The summed E-state index contributed by atoms with van der Waals surface area (Å²) >= 11 is 0. The minimum atomic E-state index is -3.73. The fourth-order valence-corrected chi connectivity index (χ4v) is 6.12. The quantitative estimate of drug-likeness (QED) is 0.579. The molecule has 33 heavy (non-hydrogen) atoms. The molecule has 2 aromatic carbocycles. The molecule has 2 N–H and O–H groups in total. The predicted octanol–water partition coefficient (Wildman–Crippen LogP) is 2.93. The molecule has 174 valence electrons. The van der Waals surface area contributed by atoms with Crippen LogP contribution in [0.2, 0.25) is 0 Å². The van der Waals surface area contributed by atoms with E-state index in [1.165, 1.54) is 4.31 Å². The maximum Gasteiger partial charge on any atom is 0.243 e. The lowest BCUT2D eigenvalue weighted by Gasteiger charge is -2.31. The van der Waals surface area contributed by atoms with Gasteiger partial charge in [-0.25, -0.2) is 13.4 Å². The van der Waals surface area contributed by atoms with Gasteiger partial charge in [0.25, 0.3) is 0 Å². The number of fused-ring (bicyclic) bond motifs is 1. The van der Waals surface area contributed by atoms with Gasteiger partial charge in [-0.3, -0.25) is 4.79 Å². The number of H-pyrrole nitrogens is 1. The van der Waals surface area contributed by atoms with E-state index in [1.54, 1.807) is 18.2 Å². The largest absolute Gasteiger partial charge is 0.376 e. The smallest absolute Gasteiger partial charge is 0.243 e. The highest BCUT2D eigenvalue weighted by Gasteiger charge is 2.33. The summed E-state index contributed by atoms with van der Waals surface area (Å²) in [5.41, 5.74) is 2.31. The van der Waals surface area contributed by atoms with Crippen molar-refractivity contribution >= 4 is 27.0 Å². The lowest BCUT2D eigenvalue weighted by Crippen LogP contribution is -2.46. The van der Waals surface area contributed by atoms with Crippen LogP contribution in [0.3, 0.4) is 0 Å². The highest BCUT2D eigenvalue weighted by molar-refractivity contribution is 7.89. The van der Waals surface area contributed by atoms with Gasteiger partial charge < -0.3 is 15.0 Å². The molecule has 2 saturated heterocycles. The van der Waals surface area contributed by atoms with Gasteiger partial charge in [-0.05, 0) is 43.9 Å². The number of imidazole rings is 1. The van der Waals surface area contributed by atoms with Crippen molar-refractivity contribution in [1.29, 1.82) is 0 Å². The zero-order valence-electron chi connectivity index (χ0n) is 18.4. The van der Waals surface area contributed by atoms with Crippen LogP contribution in [0.15, 0.2) is 53.4 Å². The minimum Gasteiger partial charge on any atom is -0.376 e. The van der Waals surface area contributed by atoms with Crippen LogP contribution in [0.25, 0.3) is 22.4 Å². The lowest BCUT2D eigenvalue weighted by atomic mass is 9.99. The van der Waals surface area contributed by atoms with Gasteiger partial charge in [-0.2, -0.15) is 4.31 Å². The van der Waals surface area contributed by atoms with Crippen LogP contribution in [0.5, 0.6) is 0 Å². The van der Waals surface area contributed by atoms with Crippen LogP contribution in [0.4, 0.5) is 0 Å². The third-order valence-electron chi connectivity index (χ3n) is 6.42. The molecule has 1 amide bonds.